The van der Waals surface area contributed by atoms with E-state index in [4.69, 9.17) is 16.3 Å². The highest BCUT2D eigenvalue weighted by molar-refractivity contribution is 6.31. The molecule has 2 aromatic carbocycles. The minimum atomic E-state index is -0.0633. The minimum Gasteiger partial charge on any atom is -0.496 e. The molecule has 2 aromatic rings. The Balaban J connectivity index is 0.000000878. The first-order chi connectivity index (χ1) is 13.0. The molecule has 0 heterocycles. The third-order valence-corrected chi connectivity index (χ3v) is 5.50. The summed E-state index contributed by atoms with van der Waals surface area (Å²) in [6.07, 6.45) is 2.22. The van der Waals surface area contributed by atoms with Crippen LogP contribution in [0.2, 0.25) is 13.1 Å². The number of ether oxygens (including phenoxy) is 1. The highest BCUT2D eigenvalue weighted by Gasteiger charge is 2.31. The van der Waals surface area contributed by atoms with E-state index in [1.807, 2.05) is 0 Å². The topological polar surface area (TPSA) is 9.23 Å². The Bertz CT molecular complexity index is 870. The molecule has 28 heavy (non-hydrogen) atoms. The van der Waals surface area contributed by atoms with Crippen LogP contribution < -0.4 is 4.74 Å². The van der Waals surface area contributed by atoms with Crippen LogP contribution in [-0.4, -0.2) is 16.6 Å². The molecule has 152 valence electrons. The van der Waals surface area contributed by atoms with Gasteiger partial charge in [0.2, 0.25) is 0 Å². The standard InChI is InChI=1S/C23H27ClO.C2H8Si/c1-13-8-14(2)10-16(9-13)20-17-11-15(3)21(24)18(17)12-19(22(20)25-7)23(4,5)6;1-3-2/h8-12,21H,1-7H3;3H2,1-2H3. The molecular weight excluding hydrogens is 380 g/mol. The van der Waals surface area contributed by atoms with Crippen LogP contribution in [-0.2, 0) is 5.41 Å². The number of fused-ring (bicyclic) bond motifs is 1. The summed E-state index contributed by atoms with van der Waals surface area (Å²) in [7, 11) is 2.19. The van der Waals surface area contributed by atoms with E-state index in [2.05, 4.69) is 85.0 Å². The van der Waals surface area contributed by atoms with Gasteiger partial charge in [-0.2, -0.15) is 0 Å². The molecule has 3 rings (SSSR count). The van der Waals surface area contributed by atoms with Crippen LogP contribution >= 0.6 is 11.6 Å². The van der Waals surface area contributed by atoms with Crippen molar-refractivity contribution >= 4 is 27.2 Å². The molecule has 1 aliphatic carbocycles. The second-order valence-corrected chi connectivity index (χ2v) is 10.8. The number of aryl methyl sites for hydroxylation is 2. The SMILES string of the molecule is COc1c(C(C)(C)C)cc2c(c1-c1cc(C)cc(C)c1)C=C(C)C2Cl.C[SiH2]C. The molecule has 0 saturated heterocycles. The Hall–Kier alpha value is -1.51. The average molecular weight is 415 g/mol. The average Bonchev–Trinajstić information content (AvgIpc) is 2.86. The van der Waals surface area contributed by atoms with Gasteiger partial charge in [0.05, 0.1) is 12.5 Å². The molecule has 3 heteroatoms. The molecule has 0 saturated carbocycles. The highest BCUT2D eigenvalue weighted by Crippen LogP contribution is 2.50. The van der Waals surface area contributed by atoms with Crippen molar-refractivity contribution in [3.63, 3.8) is 0 Å². The first kappa shape index (κ1) is 22.8. The highest BCUT2D eigenvalue weighted by atomic mass is 35.5. The Kier molecular flexibility index (Phi) is 7.22. The van der Waals surface area contributed by atoms with Crippen LogP contribution in [0.15, 0.2) is 29.8 Å². The summed E-state index contributed by atoms with van der Waals surface area (Å²) in [6, 6.07) is 8.92. The quantitative estimate of drug-likeness (QED) is 0.372. The summed E-state index contributed by atoms with van der Waals surface area (Å²) in [5, 5.41) is -0.0633. The summed E-state index contributed by atoms with van der Waals surface area (Å²) >= 11 is 6.72. The summed E-state index contributed by atoms with van der Waals surface area (Å²) < 4.78 is 5.96. The van der Waals surface area contributed by atoms with Crippen molar-refractivity contribution in [1.29, 1.82) is 0 Å². The van der Waals surface area contributed by atoms with Crippen molar-refractivity contribution in [3.05, 3.63) is 57.7 Å². The first-order valence-electron chi connectivity index (χ1n) is 10.2. The molecule has 1 unspecified atom stereocenters. The van der Waals surface area contributed by atoms with Gasteiger partial charge < -0.3 is 4.74 Å². The number of hydrogen-bond acceptors (Lipinski definition) is 1. The zero-order valence-corrected chi connectivity index (χ0v) is 21.1. The van der Waals surface area contributed by atoms with Crippen molar-refractivity contribution in [2.45, 2.75) is 65.4 Å². The molecule has 0 spiro atoms. The van der Waals surface area contributed by atoms with E-state index in [1.54, 1.807) is 7.11 Å². The Morgan fingerprint density at radius 2 is 1.50 bits per heavy atom. The molecule has 0 N–H and O–H groups in total. The van der Waals surface area contributed by atoms with E-state index >= 15 is 0 Å². The number of methoxy groups -OCH3 is 1. The molecule has 0 radical (unpaired) electrons. The predicted molar refractivity (Wildman–Crippen MR) is 129 cm³/mol. The van der Waals surface area contributed by atoms with Crippen molar-refractivity contribution in [3.8, 4) is 16.9 Å². The van der Waals surface area contributed by atoms with E-state index in [1.165, 1.54) is 44.5 Å². The van der Waals surface area contributed by atoms with Gasteiger partial charge in [-0.25, -0.2) is 0 Å². The van der Waals surface area contributed by atoms with Crippen molar-refractivity contribution < 1.29 is 4.74 Å². The number of rotatable bonds is 2. The lowest BCUT2D eigenvalue weighted by molar-refractivity contribution is 0.399. The molecule has 1 atom stereocenters. The monoisotopic (exact) mass is 414 g/mol. The zero-order chi connectivity index (χ0) is 21.2. The first-order valence-corrected chi connectivity index (χ1v) is 13.5. The van der Waals surface area contributed by atoms with Gasteiger partial charge in [-0.15, -0.1) is 11.6 Å². The van der Waals surface area contributed by atoms with Crippen LogP contribution in [0.5, 0.6) is 5.75 Å². The number of hydrogen-bond donors (Lipinski definition) is 0. The maximum Gasteiger partial charge on any atom is 0.131 e. The smallest absolute Gasteiger partial charge is 0.131 e. The maximum absolute atomic E-state index is 6.72. The Morgan fingerprint density at radius 1 is 0.964 bits per heavy atom. The molecule has 1 nitrogen and oxygen atoms in total. The lowest BCUT2D eigenvalue weighted by Gasteiger charge is -2.27. The summed E-state index contributed by atoms with van der Waals surface area (Å²) in [5.74, 6) is 0.964. The van der Waals surface area contributed by atoms with Gasteiger partial charge in [0.25, 0.3) is 0 Å². The zero-order valence-electron chi connectivity index (χ0n) is 19.0. The van der Waals surface area contributed by atoms with Gasteiger partial charge in [0.1, 0.15) is 5.75 Å². The molecule has 1 aliphatic rings. The lowest BCUT2D eigenvalue weighted by atomic mass is 9.81. The summed E-state index contributed by atoms with van der Waals surface area (Å²) in [4.78, 5) is 0. The van der Waals surface area contributed by atoms with Crippen LogP contribution in [0.1, 0.15) is 60.9 Å². The maximum atomic E-state index is 6.72. The number of alkyl halides is 1. The fourth-order valence-corrected chi connectivity index (χ4v) is 4.03. The van der Waals surface area contributed by atoms with E-state index in [-0.39, 0.29) is 10.8 Å². The normalized spacial score (nSPS) is 15.5. The molecule has 0 fully saturated rings. The fourth-order valence-electron chi connectivity index (χ4n) is 3.79. The van der Waals surface area contributed by atoms with Crippen molar-refractivity contribution in [2.75, 3.05) is 7.11 Å². The van der Waals surface area contributed by atoms with Gasteiger partial charge >= 0.3 is 0 Å². The molecule has 0 aromatic heterocycles. The van der Waals surface area contributed by atoms with Crippen molar-refractivity contribution in [2.24, 2.45) is 0 Å². The minimum absolute atomic E-state index is 0.0267. The van der Waals surface area contributed by atoms with E-state index in [0.29, 0.717) is 9.52 Å². The second kappa shape index (κ2) is 8.88. The van der Waals surface area contributed by atoms with Crippen LogP contribution in [0.3, 0.4) is 0 Å². The molecule has 0 aliphatic heterocycles. The third-order valence-electron chi connectivity index (χ3n) is 4.92. The second-order valence-electron chi connectivity index (χ2n) is 8.92. The molecular formula is C25H35ClOSi. The van der Waals surface area contributed by atoms with Gasteiger partial charge in [-0.1, -0.05) is 74.8 Å². The van der Waals surface area contributed by atoms with Crippen LogP contribution in [0, 0.1) is 13.8 Å². The fraction of sp³-hybridized carbons (Fsp3) is 0.440. The van der Waals surface area contributed by atoms with Crippen molar-refractivity contribution in [1.82, 2.24) is 0 Å². The van der Waals surface area contributed by atoms with Gasteiger partial charge in [-0.05, 0) is 48.9 Å². The van der Waals surface area contributed by atoms with Crippen LogP contribution in [0.4, 0.5) is 0 Å². The summed E-state index contributed by atoms with van der Waals surface area (Å²) in [6.45, 7) is 17.6. The van der Waals surface area contributed by atoms with Gasteiger partial charge in [0, 0.05) is 20.6 Å². The van der Waals surface area contributed by atoms with Gasteiger partial charge in [-0.3, -0.25) is 0 Å². The van der Waals surface area contributed by atoms with E-state index in [9.17, 15) is 0 Å². The van der Waals surface area contributed by atoms with E-state index < -0.39 is 0 Å². The Morgan fingerprint density at radius 3 is 1.96 bits per heavy atom. The van der Waals surface area contributed by atoms with Crippen LogP contribution in [0.25, 0.3) is 17.2 Å². The Labute approximate surface area is 179 Å². The number of benzene rings is 2. The molecule has 0 amide bonds. The predicted octanol–water partition coefficient (Wildman–Crippen LogP) is 7.22. The largest absolute Gasteiger partial charge is 0.496 e. The molecule has 0 bridgehead atoms. The summed E-state index contributed by atoms with van der Waals surface area (Å²) in [5.41, 5.74) is 9.64. The van der Waals surface area contributed by atoms with E-state index in [0.717, 1.165) is 5.75 Å². The number of halogens is 1. The third kappa shape index (κ3) is 4.55. The van der Waals surface area contributed by atoms with Gasteiger partial charge in [0.15, 0.2) is 0 Å². The lowest BCUT2D eigenvalue weighted by Crippen LogP contribution is -2.15. The number of allylic oxidation sites excluding steroid dienone is 1.